The van der Waals surface area contributed by atoms with Gasteiger partial charge in [-0.15, -0.1) is 0 Å². The van der Waals surface area contributed by atoms with E-state index < -0.39 is 11.9 Å². The zero-order chi connectivity index (χ0) is 16.2. The smallest absolute Gasteiger partial charge is 0.339 e. The fourth-order valence-corrected chi connectivity index (χ4v) is 1.64. The van der Waals surface area contributed by atoms with E-state index in [1.807, 2.05) is 0 Å². The van der Waals surface area contributed by atoms with Crippen LogP contribution in [0.3, 0.4) is 0 Å². The first-order chi connectivity index (χ1) is 10.7. The summed E-state index contributed by atoms with van der Waals surface area (Å²) in [6.45, 7) is 0.541. The Morgan fingerprint density at radius 2 is 1.32 bits per heavy atom. The van der Waals surface area contributed by atoms with Crippen molar-refractivity contribution in [3.63, 3.8) is 0 Å². The highest BCUT2D eigenvalue weighted by Crippen LogP contribution is 2.12. The van der Waals surface area contributed by atoms with Crippen molar-refractivity contribution in [3.8, 4) is 0 Å². The molecule has 0 N–H and O–H groups in total. The molecular weight excluding hydrogens is 324 g/mol. The van der Waals surface area contributed by atoms with E-state index in [9.17, 15) is 9.59 Å². The summed E-state index contributed by atoms with van der Waals surface area (Å²) in [6.07, 6.45) is 0. The van der Waals surface area contributed by atoms with E-state index in [0.717, 1.165) is 0 Å². The minimum atomic E-state index is -0.635. The molecule has 0 aliphatic heterocycles. The number of hydrogen-bond acceptors (Lipinski definition) is 8. The maximum atomic E-state index is 11.9. The molecule has 0 saturated heterocycles. The van der Waals surface area contributed by atoms with E-state index in [-0.39, 0.29) is 37.4 Å². The molecule has 0 amide bonds. The topological polar surface area (TPSA) is 77.3 Å². The van der Waals surface area contributed by atoms with Gasteiger partial charge in [-0.3, -0.25) is 0 Å². The summed E-state index contributed by atoms with van der Waals surface area (Å²) in [7, 11) is 0. The zero-order valence-electron chi connectivity index (χ0n) is 11.5. The summed E-state index contributed by atoms with van der Waals surface area (Å²) in [5, 5.41) is 4.33. The van der Waals surface area contributed by atoms with Gasteiger partial charge in [-0.25, -0.2) is 19.6 Å². The van der Waals surface area contributed by atoms with Gasteiger partial charge in [0.15, 0.2) is 0 Å². The number of thiocarbonyl (C=S) groups is 2. The van der Waals surface area contributed by atoms with Crippen molar-refractivity contribution < 1.29 is 19.1 Å². The molecule has 0 radical (unpaired) electrons. The number of benzene rings is 1. The number of isothiocyanates is 2. The molecule has 0 unspecified atom stereocenters. The van der Waals surface area contributed by atoms with Crippen LogP contribution in [0.4, 0.5) is 0 Å². The van der Waals surface area contributed by atoms with Gasteiger partial charge in [0.25, 0.3) is 0 Å². The maximum absolute atomic E-state index is 11.9. The van der Waals surface area contributed by atoms with Gasteiger partial charge in [0.05, 0.1) is 34.5 Å². The second-order valence-corrected chi connectivity index (χ2v) is 4.13. The van der Waals surface area contributed by atoms with E-state index in [4.69, 9.17) is 9.47 Å². The van der Waals surface area contributed by atoms with E-state index >= 15 is 0 Å². The Kier molecular flexibility index (Phi) is 8.49. The first kappa shape index (κ1) is 17.8. The Balaban J connectivity index is 2.71. The van der Waals surface area contributed by atoms with Crippen LogP contribution < -0.4 is 0 Å². The standard InChI is InChI=1S/C14H12N2O4S2/c17-13(19-7-5-15-9-21)11-3-1-2-4-12(11)14(18)20-8-6-16-10-22/h1-4H,5-8H2. The number of ether oxygens (including phenoxy) is 2. The lowest BCUT2D eigenvalue weighted by Gasteiger charge is -2.08. The molecule has 0 spiro atoms. The van der Waals surface area contributed by atoms with E-state index in [0.29, 0.717) is 0 Å². The highest BCUT2D eigenvalue weighted by atomic mass is 32.1. The van der Waals surface area contributed by atoms with Crippen LogP contribution in [0.25, 0.3) is 0 Å². The van der Waals surface area contributed by atoms with Crippen LogP contribution in [0.5, 0.6) is 0 Å². The first-order valence-electron chi connectivity index (χ1n) is 6.21. The first-order valence-corrected chi connectivity index (χ1v) is 7.03. The molecule has 1 aromatic rings. The number of carbonyl (C=O) groups is 2. The Labute approximate surface area is 137 Å². The van der Waals surface area contributed by atoms with Gasteiger partial charge >= 0.3 is 11.9 Å². The monoisotopic (exact) mass is 336 g/mol. The second kappa shape index (κ2) is 10.5. The molecule has 114 valence electrons. The largest absolute Gasteiger partial charge is 0.460 e. The number of esters is 2. The number of aliphatic imine (C=N–C) groups is 2. The second-order valence-electron chi connectivity index (χ2n) is 3.76. The van der Waals surface area contributed by atoms with Gasteiger partial charge in [-0.2, -0.15) is 0 Å². The molecule has 8 heteroatoms. The Morgan fingerprint density at radius 1 is 0.909 bits per heavy atom. The Morgan fingerprint density at radius 3 is 1.68 bits per heavy atom. The Hall–Kier alpha value is -2.24. The SMILES string of the molecule is O=C(OCCN=C=S)c1ccccc1C(=O)OCCN=C=S. The normalized spacial score (nSPS) is 9.09. The van der Waals surface area contributed by atoms with Crippen LogP contribution in [-0.2, 0) is 9.47 Å². The van der Waals surface area contributed by atoms with E-state index in [2.05, 4.69) is 44.7 Å². The minimum absolute atomic E-state index is 0.0508. The molecule has 1 aromatic carbocycles. The minimum Gasteiger partial charge on any atom is -0.460 e. The average Bonchev–Trinajstić information content (AvgIpc) is 2.55. The van der Waals surface area contributed by atoms with Crippen LogP contribution in [0.2, 0.25) is 0 Å². The third-order valence-electron chi connectivity index (χ3n) is 2.37. The molecule has 1 rings (SSSR count). The van der Waals surface area contributed by atoms with Gasteiger partial charge < -0.3 is 9.47 Å². The molecule has 0 bridgehead atoms. The molecule has 0 heterocycles. The summed E-state index contributed by atoms with van der Waals surface area (Å²) in [6, 6.07) is 6.21. The van der Waals surface area contributed by atoms with Crippen LogP contribution in [-0.4, -0.2) is 48.6 Å². The van der Waals surface area contributed by atoms with Gasteiger partial charge in [0, 0.05) is 0 Å². The fourth-order valence-electron chi connectivity index (χ4n) is 1.45. The summed E-state index contributed by atoms with van der Waals surface area (Å²) in [4.78, 5) is 31.1. The fraction of sp³-hybridized carbons (Fsp3) is 0.286. The van der Waals surface area contributed by atoms with Crippen LogP contribution in [0.1, 0.15) is 20.7 Å². The molecule has 0 aromatic heterocycles. The van der Waals surface area contributed by atoms with Crippen LogP contribution >= 0.6 is 24.4 Å². The van der Waals surface area contributed by atoms with Crippen molar-refractivity contribution in [1.29, 1.82) is 0 Å². The summed E-state index contributed by atoms with van der Waals surface area (Å²) >= 11 is 8.80. The quantitative estimate of drug-likeness (QED) is 0.313. The van der Waals surface area contributed by atoms with Crippen molar-refractivity contribution in [3.05, 3.63) is 35.4 Å². The maximum Gasteiger partial charge on any atom is 0.339 e. The van der Waals surface area contributed by atoms with E-state index in [1.54, 1.807) is 12.1 Å². The molecule has 22 heavy (non-hydrogen) atoms. The number of carbonyl (C=O) groups excluding carboxylic acids is 2. The van der Waals surface area contributed by atoms with Crippen molar-refractivity contribution in [2.75, 3.05) is 26.3 Å². The Bertz CT molecular complexity index is 580. The third-order valence-corrected chi connectivity index (χ3v) is 2.63. The average molecular weight is 336 g/mol. The lowest BCUT2D eigenvalue weighted by atomic mass is 10.1. The number of nitrogens with zero attached hydrogens (tertiary/aromatic N) is 2. The van der Waals surface area contributed by atoms with Crippen molar-refractivity contribution in [2.24, 2.45) is 9.98 Å². The van der Waals surface area contributed by atoms with Gasteiger partial charge in [-0.05, 0) is 36.6 Å². The molecular formula is C14H12N2O4S2. The summed E-state index contributed by atoms with van der Waals surface area (Å²) in [5.41, 5.74) is 0.245. The van der Waals surface area contributed by atoms with Crippen LogP contribution in [0.15, 0.2) is 34.3 Å². The highest BCUT2D eigenvalue weighted by molar-refractivity contribution is 7.78. The predicted octanol–water partition coefficient (Wildman–Crippen LogP) is 2.21. The molecule has 0 fully saturated rings. The molecule has 0 saturated carbocycles. The lowest BCUT2D eigenvalue weighted by Crippen LogP contribution is -2.16. The number of hydrogen-bond donors (Lipinski definition) is 0. The highest BCUT2D eigenvalue weighted by Gasteiger charge is 2.18. The summed E-state index contributed by atoms with van der Waals surface area (Å²) < 4.78 is 9.99. The van der Waals surface area contributed by atoms with Crippen LogP contribution in [0, 0.1) is 0 Å². The zero-order valence-corrected chi connectivity index (χ0v) is 13.1. The van der Waals surface area contributed by atoms with Gasteiger partial charge in [-0.1, -0.05) is 12.1 Å². The number of rotatable bonds is 8. The van der Waals surface area contributed by atoms with Crippen molar-refractivity contribution in [1.82, 2.24) is 0 Å². The molecule has 0 atom stereocenters. The molecule has 0 aliphatic rings. The van der Waals surface area contributed by atoms with Crippen molar-refractivity contribution in [2.45, 2.75) is 0 Å². The van der Waals surface area contributed by atoms with Gasteiger partial charge in [0.2, 0.25) is 0 Å². The third kappa shape index (κ3) is 6.03. The molecule has 6 nitrogen and oxygen atoms in total. The lowest BCUT2D eigenvalue weighted by molar-refractivity contribution is 0.0470. The summed E-state index contributed by atoms with van der Waals surface area (Å²) in [5.74, 6) is -1.27. The molecule has 0 aliphatic carbocycles. The van der Waals surface area contributed by atoms with E-state index in [1.165, 1.54) is 12.1 Å². The van der Waals surface area contributed by atoms with Gasteiger partial charge in [0.1, 0.15) is 13.2 Å². The predicted molar refractivity (Wildman–Crippen MR) is 86.8 cm³/mol. The van der Waals surface area contributed by atoms with Crippen molar-refractivity contribution >= 4 is 46.7 Å².